The summed E-state index contributed by atoms with van der Waals surface area (Å²) in [7, 11) is 0. The quantitative estimate of drug-likeness (QED) is 0.490. The Hall–Kier alpha value is -1.86. The number of aliphatic hydroxyl groups is 1. The number of hydrazine groups is 1. The summed E-state index contributed by atoms with van der Waals surface area (Å²) in [6.45, 7) is 0.259. The first-order valence-electron chi connectivity index (χ1n) is 6.98. The molecule has 0 aliphatic heterocycles. The summed E-state index contributed by atoms with van der Waals surface area (Å²) in [5.74, 6) is 7.15. The van der Waals surface area contributed by atoms with E-state index in [1.807, 2.05) is 10.6 Å². The van der Waals surface area contributed by atoms with Crippen LogP contribution in [-0.2, 0) is 0 Å². The smallest absolute Gasteiger partial charge is 0.180 e. The third-order valence-corrected chi connectivity index (χ3v) is 3.90. The molecule has 7 nitrogen and oxygen atoms in total. The number of anilines is 2. The second kappa shape index (κ2) is 5.64. The van der Waals surface area contributed by atoms with Gasteiger partial charge < -0.3 is 20.2 Å². The number of rotatable bonds is 4. The highest BCUT2D eigenvalue weighted by molar-refractivity contribution is 5.65. The zero-order valence-corrected chi connectivity index (χ0v) is 11.3. The first-order chi connectivity index (χ1) is 9.80. The molecule has 1 aliphatic rings. The summed E-state index contributed by atoms with van der Waals surface area (Å²) in [5.41, 5.74) is 3.35. The molecule has 0 radical (unpaired) electrons. The minimum Gasteiger partial charge on any atom is -0.396 e. The fraction of sp³-hybridized carbons (Fsp3) is 0.538. The number of hydrogen-bond acceptors (Lipinski definition) is 6. The lowest BCUT2D eigenvalue weighted by molar-refractivity contribution is 0.184. The van der Waals surface area contributed by atoms with Crippen LogP contribution < -0.4 is 16.6 Å². The second-order valence-corrected chi connectivity index (χ2v) is 5.33. The molecular formula is C13H20N6O. The van der Waals surface area contributed by atoms with Gasteiger partial charge in [0.05, 0.1) is 6.20 Å². The highest BCUT2D eigenvalue weighted by Gasteiger charge is 2.22. The number of aliphatic hydroxyl groups excluding tert-OH is 1. The Balaban J connectivity index is 1.84. The van der Waals surface area contributed by atoms with Crippen LogP contribution in [0.2, 0.25) is 0 Å². The van der Waals surface area contributed by atoms with Crippen molar-refractivity contribution >= 4 is 17.3 Å². The standard InChI is InChI=1S/C13H20N6O/c14-18-11-7-19-5-4-15-13(19)12(17-11)16-10-3-1-2-9(6-10)8-20/h4-5,7,9-10,18,20H,1-3,6,8,14H2,(H,16,17). The molecule has 1 fully saturated rings. The van der Waals surface area contributed by atoms with Crippen molar-refractivity contribution in [2.45, 2.75) is 31.7 Å². The van der Waals surface area contributed by atoms with Gasteiger partial charge in [0, 0.05) is 25.0 Å². The van der Waals surface area contributed by atoms with E-state index in [1.54, 1.807) is 12.4 Å². The molecule has 0 aromatic carbocycles. The zero-order valence-electron chi connectivity index (χ0n) is 11.3. The molecule has 0 saturated heterocycles. The molecule has 3 rings (SSSR count). The van der Waals surface area contributed by atoms with Gasteiger partial charge in [-0.25, -0.2) is 15.8 Å². The molecule has 1 aliphatic carbocycles. The number of imidazole rings is 1. The van der Waals surface area contributed by atoms with Crippen LogP contribution in [0.3, 0.4) is 0 Å². The maximum Gasteiger partial charge on any atom is 0.180 e. The SMILES string of the molecule is NNc1cn2ccnc2c(NC2CCCC(CO)C2)n1. The summed E-state index contributed by atoms with van der Waals surface area (Å²) in [4.78, 5) is 8.76. The normalized spacial score (nSPS) is 22.9. The topological polar surface area (TPSA) is 100 Å². The Morgan fingerprint density at radius 2 is 2.35 bits per heavy atom. The van der Waals surface area contributed by atoms with Gasteiger partial charge in [-0.15, -0.1) is 0 Å². The summed E-state index contributed by atoms with van der Waals surface area (Å²) in [5, 5.41) is 12.8. The van der Waals surface area contributed by atoms with Gasteiger partial charge in [0.2, 0.25) is 0 Å². The van der Waals surface area contributed by atoms with Crippen molar-refractivity contribution < 1.29 is 5.11 Å². The molecule has 2 heterocycles. The molecule has 0 amide bonds. The van der Waals surface area contributed by atoms with E-state index in [4.69, 9.17) is 5.84 Å². The summed E-state index contributed by atoms with van der Waals surface area (Å²) >= 11 is 0. The Bertz CT molecular complexity index is 583. The molecule has 0 bridgehead atoms. The van der Waals surface area contributed by atoms with Crippen LogP contribution in [0, 0.1) is 5.92 Å². The van der Waals surface area contributed by atoms with Gasteiger partial charge in [-0.3, -0.25) is 0 Å². The van der Waals surface area contributed by atoms with E-state index in [0.29, 0.717) is 17.8 Å². The van der Waals surface area contributed by atoms with E-state index in [-0.39, 0.29) is 6.61 Å². The van der Waals surface area contributed by atoms with Gasteiger partial charge in [0.1, 0.15) is 0 Å². The lowest BCUT2D eigenvalue weighted by Crippen LogP contribution is -2.29. The Morgan fingerprint density at radius 3 is 3.15 bits per heavy atom. The van der Waals surface area contributed by atoms with E-state index < -0.39 is 0 Å². The first kappa shape index (κ1) is 13.1. The summed E-state index contributed by atoms with van der Waals surface area (Å²) in [6.07, 6.45) is 9.68. The third-order valence-electron chi connectivity index (χ3n) is 3.90. The third kappa shape index (κ3) is 2.54. The van der Waals surface area contributed by atoms with Gasteiger partial charge >= 0.3 is 0 Å². The van der Waals surface area contributed by atoms with Crippen LogP contribution in [0.5, 0.6) is 0 Å². The van der Waals surface area contributed by atoms with Crippen molar-refractivity contribution in [1.82, 2.24) is 14.4 Å². The molecule has 1 saturated carbocycles. The van der Waals surface area contributed by atoms with Crippen LogP contribution >= 0.6 is 0 Å². The molecule has 20 heavy (non-hydrogen) atoms. The van der Waals surface area contributed by atoms with E-state index in [1.165, 1.54) is 0 Å². The number of nitrogens with one attached hydrogen (secondary N) is 2. The molecule has 5 N–H and O–H groups in total. The zero-order chi connectivity index (χ0) is 13.9. The predicted octanol–water partition coefficient (Wildman–Crippen LogP) is 0.978. The van der Waals surface area contributed by atoms with Crippen molar-refractivity contribution in [2.75, 3.05) is 17.3 Å². The minimum absolute atomic E-state index is 0.259. The van der Waals surface area contributed by atoms with Gasteiger partial charge in [-0.05, 0) is 25.2 Å². The maximum atomic E-state index is 9.31. The van der Waals surface area contributed by atoms with Crippen LogP contribution in [0.1, 0.15) is 25.7 Å². The van der Waals surface area contributed by atoms with Crippen LogP contribution in [-0.4, -0.2) is 32.1 Å². The van der Waals surface area contributed by atoms with Crippen molar-refractivity contribution in [3.05, 3.63) is 18.6 Å². The monoisotopic (exact) mass is 276 g/mol. The van der Waals surface area contributed by atoms with Crippen molar-refractivity contribution in [3.63, 3.8) is 0 Å². The number of nitrogens with two attached hydrogens (primary N) is 1. The van der Waals surface area contributed by atoms with Gasteiger partial charge in [0.15, 0.2) is 17.3 Å². The molecule has 108 valence electrons. The fourth-order valence-corrected chi connectivity index (χ4v) is 2.88. The summed E-state index contributed by atoms with van der Waals surface area (Å²) in [6, 6.07) is 0.321. The Labute approximate surface area is 117 Å². The highest BCUT2D eigenvalue weighted by Crippen LogP contribution is 2.27. The van der Waals surface area contributed by atoms with Crippen LogP contribution in [0.15, 0.2) is 18.6 Å². The Kier molecular flexibility index (Phi) is 3.70. The second-order valence-electron chi connectivity index (χ2n) is 5.33. The van der Waals surface area contributed by atoms with E-state index in [2.05, 4.69) is 20.7 Å². The van der Waals surface area contributed by atoms with Gasteiger partial charge in [-0.2, -0.15) is 0 Å². The number of hydrogen-bond donors (Lipinski definition) is 4. The molecular weight excluding hydrogens is 256 g/mol. The molecule has 7 heteroatoms. The van der Waals surface area contributed by atoms with E-state index >= 15 is 0 Å². The molecule has 2 unspecified atom stereocenters. The fourth-order valence-electron chi connectivity index (χ4n) is 2.88. The number of nitrogens with zero attached hydrogens (tertiary/aromatic N) is 3. The van der Waals surface area contributed by atoms with Crippen molar-refractivity contribution in [1.29, 1.82) is 0 Å². The molecule has 2 aromatic heterocycles. The predicted molar refractivity (Wildman–Crippen MR) is 77.3 cm³/mol. The van der Waals surface area contributed by atoms with Crippen LogP contribution in [0.25, 0.3) is 5.65 Å². The molecule has 2 atom stereocenters. The molecule has 0 spiro atoms. The lowest BCUT2D eigenvalue weighted by Gasteiger charge is -2.29. The van der Waals surface area contributed by atoms with E-state index in [9.17, 15) is 5.11 Å². The van der Waals surface area contributed by atoms with Crippen molar-refractivity contribution in [2.24, 2.45) is 11.8 Å². The number of fused-ring (bicyclic) bond motifs is 1. The Morgan fingerprint density at radius 1 is 1.45 bits per heavy atom. The number of aromatic nitrogens is 3. The average molecular weight is 276 g/mol. The first-order valence-corrected chi connectivity index (χ1v) is 6.98. The van der Waals surface area contributed by atoms with Gasteiger partial charge in [0.25, 0.3) is 0 Å². The molecule has 2 aromatic rings. The van der Waals surface area contributed by atoms with Crippen LogP contribution in [0.4, 0.5) is 11.6 Å². The van der Waals surface area contributed by atoms with Gasteiger partial charge in [-0.1, -0.05) is 6.42 Å². The van der Waals surface area contributed by atoms with Crippen molar-refractivity contribution in [3.8, 4) is 0 Å². The lowest BCUT2D eigenvalue weighted by atomic mass is 9.86. The maximum absolute atomic E-state index is 9.31. The average Bonchev–Trinajstić information content (AvgIpc) is 2.96. The highest BCUT2D eigenvalue weighted by atomic mass is 16.3. The van der Waals surface area contributed by atoms with E-state index in [0.717, 1.165) is 37.1 Å². The minimum atomic E-state index is 0.259. The summed E-state index contributed by atoms with van der Waals surface area (Å²) < 4.78 is 1.89. The number of nitrogen functional groups attached to an aromatic ring is 1. The largest absolute Gasteiger partial charge is 0.396 e.